The summed E-state index contributed by atoms with van der Waals surface area (Å²) in [6, 6.07) is 2.64. The Kier molecular flexibility index (Phi) is 4.55. The van der Waals surface area contributed by atoms with Crippen molar-refractivity contribution in [2.75, 3.05) is 0 Å². The number of hydrogen-bond donors (Lipinski definition) is 2. The Hall–Kier alpha value is -1.98. The molecule has 0 radical (unpaired) electrons. The van der Waals surface area contributed by atoms with E-state index in [1.165, 1.54) is 0 Å². The van der Waals surface area contributed by atoms with Crippen molar-refractivity contribution in [1.29, 1.82) is 0 Å². The second-order valence-electron chi connectivity index (χ2n) is 5.49. The van der Waals surface area contributed by atoms with Gasteiger partial charge in [-0.15, -0.1) is 0 Å². The number of rotatable bonds is 4. The van der Waals surface area contributed by atoms with Crippen LogP contribution in [0.15, 0.2) is 18.2 Å². The van der Waals surface area contributed by atoms with Gasteiger partial charge in [0.1, 0.15) is 11.6 Å². The van der Waals surface area contributed by atoms with Crippen molar-refractivity contribution in [1.82, 2.24) is 5.32 Å². The zero-order valence-electron chi connectivity index (χ0n) is 11.5. The van der Waals surface area contributed by atoms with Crippen LogP contribution in [0.25, 0.3) is 0 Å². The van der Waals surface area contributed by atoms with Gasteiger partial charge in [-0.1, -0.05) is 19.3 Å². The smallest absolute Gasteiger partial charge is 0.305 e. The van der Waals surface area contributed by atoms with Crippen molar-refractivity contribution in [2.24, 2.45) is 0 Å². The molecule has 0 heterocycles. The van der Waals surface area contributed by atoms with Crippen molar-refractivity contribution in [3.63, 3.8) is 0 Å². The molecule has 0 saturated heterocycles. The Balaban J connectivity index is 2.21. The molecule has 21 heavy (non-hydrogen) atoms. The molecule has 0 unspecified atom stereocenters. The largest absolute Gasteiger partial charge is 0.481 e. The zero-order valence-corrected chi connectivity index (χ0v) is 11.5. The van der Waals surface area contributed by atoms with Crippen LogP contribution in [0.4, 0.5) is 8.78 Å². The maximum atomic E-state index is 13.6. The van der Waals surface area contributed by atoms with Crippen LogP contribution < -0.4 is 5.32 Å². The lowest BCUT2D eigenvalue weighted by molar-refractivity contribution is -0.139. The average molecular weight is 297 g/mol. The minimum absolute atomic E-state index is 0.213. The summed E-state index contributed by atoms with van der Waals surface area (Å²) in [7, 11) is 0. The van der Waals surface area contributed by atoms with Gasteiger partial charge in [-0.2, -0.15) is 0 Å². The van der Waals surface area contributed by atoms with Gasteiger partial charge in [0.25, 0.3) is 5.91 Å². The first-order chi connectivity index (χ1) is 9.92. The fourth-order valence-electron chi connectivity index (χ4n) is 2.84. The number of hydrogen-bond acceptors (Lipinski definition) is 2. The molecule has 4 nitrogen and oxygen atoms in total. The summed E-state index contributed by atoms with van der Waals surface area (Å²) in [5, 5.41) is 11.6. The fourth-order valence-corrected chi connectivity index (χ4v) is 2.84. The van der Waals surface area contributed by atoms with Gasteiger partial charge in [0.15, 0.2) is 0 Å². The molecular weight excluding hydrogens is 280 g/mol. The molecule has 1 aliphatic rings. The Labute approximate surface area is 121 Å². The van der Waals surface area contributed by atoms with E-state index in [-0.39, 0.29) is 6.42 Å². The number of benzene rings is 1. The maximum absolute atomic E-state index is 13.6. The molecule has 0 bridgehead atoms. The number of carbonyl (C=O) groups is 2. The second-order valence-corrected chi connectivity index (χ2v) is 5.49. The van der Waals surface area contributed by atoms with Gasteiger partial charge in [0.05, 0.1) is 17.5 Å². The number of carbonyl (C=O) groups excluding carboxylic acids is 1. The minimum atomic E-state index is -1.02. The van der Waals surface area contributed by atoms with Crippen LogP contribution in [0.3, 0.4) is 0 Å². The summed E-state index contributed by atoms with van der Waals surface area (Å²) in [6.07, 6.45) is 3.43. The average Bonchev–Trinajstić information content (AvgIpc) is 2.41. The third-order valence-electron chi connectivity index (χ3n) is 3.85. The molecule has 1 aromatic carbocycles. The van der Waals surface area contributed by atoms with Gasteiger partial charge in [-0.25, -0.2) is 8.78 Å². The molecule has 1 aliphatic carbocycles. The standard InChI is InChI=1S/C15H17F2NO3/c16-10-4-5-12(17)11(8-10)14(21)18-15(9-13(19)20)6-2-1-3-7-15/h4-5,8H,1-3,6-7,9H2,(H,18,21)(H,19,20). The zero-order chi connectivity index (χ0) is 15.5. The predicted octanol–water partition coefficient (Wildman–Crippen LogP) is 2.87. The van der Waals surface area contributed by atoms with Crippen LogP contribution in [-0.4, -0.2) is 22.5 Å². The number of aliphatic carboxylic acids is 1. The molecule has 1 aromatic rings. The molecular formula is C15H17F2NO3. The fraction of sp³-hybridized carbons (Fsp3) is 0.467. The molecule has 0 atom stereocenters. The lowest BCUT2D eigenvalue weighted by Gasteiger charge is -2.37. The van der Waals surface area contributed by atoms with Gasteiger partial charge in [-0.05, 0) is 31.0 Å². The maximum Gasteiger partial charge on any atom is 0.305 e. The lowest BCUT2D eigenvalue weighted by atomic mass is 9.79. The Bertz CT molecular complexity index is 554. The van der Waals surface area contributed by atoms with Gasteiger partial charge in [0.2, 0.25) is 0 Å². The Morgan fingerprint density at radius 1 is 1.19 bits per heavy atom. The minimum Gasteiger partial charge on any atom is -0.481 e. The van der Waals surface area contributed by atoms with E-state index in [1.807, 2.05) is 0 Å². The predicted molar refractivity (Wildman–Crippen MR) is 71.9 cm³/mol. The van der Waals surface area contributed by atoms with E-state index < -0.39 is 34.6 Å². The van der Waals surface area contributed by atoms with E-state index in [0.717, 1.165) is 37.5 Å². The van der Waals surface area contributed by atoms with Gasteiger partial charge < -0.3 is 10.4 Å². The highest BCUT2D eigenvalue weighted by molar-refractivity contribution is 5.95. The highest BCUT2D eigenvalue weighted by Crippen LogP contribution is 2.31. The molecule has 114 valence electrons. The summed E-state index contributed by atoms with van der Waals surface area (Å²) >= 11 is 0. The molecule has 0 aliphatic heterocycles. The highest BCUT2D eigenvalue weighted by atomic mass is 19.1. The van der Waals surface area contributed by atoms with Crippen LogP contribution in [0.5, 0.6) is 0 Å². The lowest BCUT2D eigenvalue weighted by Crippen LogP contribution is -2.51. The van der Waals surface area contributed by atoms with E-state index in [9.17, 15) is 18.4 Å². The number of nitrogens with one attached hydrogen (secondary N) is 1. The summed E-state index contributed by atoms with van der Waals surface area (Å²) < 4.78 is 26.8. The van der Waals surface area contributed by atoms with E-state index in [0.29, 0.717) is 12.8 Å². The van der Waals surface area contributed by atoms with Crippen LogP contribution in [0.1, 0.15) is 48.9 Å². The third kappa shape index (κ3) is 3.77. The van der Waals surface area contributed by atoms with Crippen molar-refractivity contribution in [3.05, 3.63) is 35.4 Å². The molecule has 1 saturated carbocycles. The summed E-state index contributed by atoms with van der Waals surface area (Å²) in [4.78, 5) is 23.2. The van der Waals surface area contributed by atoms with Crippen molar-refractivity contribution in [2.45, 2.75) is 44.1 Å². The molecule has 0 aromatic heterocycles. The van der Waals surface area contributed by atoms with Crippen LogP contribution in [0, 0.1) is 11.6 Å². The number of amides is 1. The monoisotopic (exact) mass is 297 g/mol. The van der Waals surface area contributed by atoms with Crippen LogP contribution in [-0.2, 0) is 4.79 Å². The van der Waals surface area contributed by atoms with Crippen molar-refractivity contribution in [3.8, 4) is 0 Å². The van der Waals surface area contributed by atoms with Crippen LogP contribution >= 0.6 is 0 Å². The second kappa shape index (κ2) is 6.20. The number of carboxylic acid groups (broad SMARTS) is 1. The summed E-state index contributed by atoms with van der Waals surface area (Å²) in [5.41, 5.74) is -1.27. The molecule has 6 heteroatoms. The molecule has 1 fully saturated rings. The molecule has 2 rings (SSSR count). The van der Waals surface area contributed by atoms with E-state index in [4.69, 9.17) is 5.11 Å². The molecule has 0 spiro atoms. The van der Waals surface area contributed by atoms with Gasteiger partial charge >= 0.3 is 5.97 Å². The Morgan fingerprint density at radius 2 is 1.86 bits per heavy atom. The van der Waals surface area contributed by atoms with Gasteiger partial charge in [0, 0.05) is 0 Å². The normalized spacial score (nSPS) is 17.2. The quantitative estimate of drug-likeness (QED) is 0.898. The van der Waals surface area contributed by atoms with Crippen molar-refractivity contribution >= 4 is 11.9 Å². The topological polar surface area (TPSA) is 66.4 Å². The first-order valence-electron chi connectivity index (χ1n) is 6.91. The molecule has 1 amide bonds. The van der Waals surface area contributed by atoms with Gasteiger partial charge in [-0.3, -0.25) is 9.59 Å². The van der Waals surface area contributed by atoms with E-state index >= 15 is 0 Å². The summed E-state index contributed by atoms with van der Waals surface area (Å²) in [6.45, 7) is 0. The third-order valence-corrected chi connectivity index (χ3v) is 3.85. The molecule has 2 N–H and O–H groups in total. The first kappa shape index (κ1) is 15.4. The van der Waals surface area contributed by atoms with E-state index in [2.05, 4.69) is 5.32 Å². The highest BCUT2D eigenvalue weighted by Gasteiger charge is 2.36. The Morgan fingerprint density at radius 3 is 2.48 bits per heavy atom. The summed E-state index contributed by atoms with van der Waals surface area (Å²) in [5.74, 6) is -3.32. The van der Waals surface area contributed by atoms with E-state index in [1.54, 1.807) is 0 Å². The first-order valence-corrected chi connectivity index (χ1v) is 6.91. The SMILES string of the molecule is O=C(O)CC1(NC(=O)c2cc(F)ccc2F)CCCCC1. The number of halogens is 2. The van der Waals surface area contributed by atoms with Crippen molar-refractivity contribution < 1.29 is 23.5 Å². The number of carboxylic acids is 1. The van der Waals surface area contributed by atoms with Crippen LogP contribution in [0.2, 0.25) is 0 Å².